The highest BCUT2D eigenvalue weighted by Gasteiger charge is 2.33. The lowest BCUT2D eigenvalue weighted by molar-refractivity contribution is 0.0764. The number of hydrogen-bond donors (Lipinski definition) is 1. The molecule has 0 aliphatic carbocycles. The van der Waals surface area contributed by atoms with Crippen molar-refractivity contribution >= 4 is 26.8 Å². The van der Waals surface area contributed by atoms with Crippen molar-refractivity contribution in [3.8, 4) is 0 Å². The van der Waals surface area contributed by atoms with Crippen LogP contribution in [0.1, 0.15) is 35.2 Å². The van der Waals surface area contributed by atoms with Crippen molar-refractivity contribution in [3.63, 3.8) is 0 Å². The Bertz CT molecular complexity index is 1430. The van der Waals surface area contributed by atoms with Crippen molar-refractivity contribution in [1.82, 2.24) is 23.9 Å². The zero-order valence-corrected chi connectivity index (χ0v) is 19.4. The molecule has 0 bridgehead atoms. The van der Waals surface area contributed by atoms with Gasteiger partial charge in [-0.05, 0) is 45.4 Å². The molecular weight excluding hydrogens is 450 g/mol. The van der Waals surface area contributed by atoms with E-state index in [1.54, 1.807) is 31.7 Å². The fraction of sp³-hybridized carbons (Fsp3) is 0.429. The number of carbonyl (C=O) groups is 1. The molecule has 3 aromatic rings. The van der Waals surface area contributed by atoms with Gasteiger partial charge in [0.2, 0.25) is 10.0 Å². The summed E-state index contributed by atoms with van der Waals surface area (Å²) in [6.07, 6.45) is 0.458. The molecule has 1 aliphatic rings. The number of hydrogen-bond acceptors (Lipinski definition) is 7. The predicted octanol–water partition coefficient (Wildman–Crippen LogP) is 0.851. The average Bonchev–Trinajstić information content (AvgIpc) is 2.97. The number of aromatic nitrogens is 3. The van der Waals surface area contributed by atoms with E-state index in [0.717, 1.165) is 4.57 Å². The van der Waals surface area contributed by atoms with Crippen LogP contribution in [0.3, 0.4) is 0 Å². The number of nitrogens with one attached hydrogen (secondary N) is 1. The van der Waals surface area contributed by atoms with Gasteiger partial charge in [-0.25, -0.2) is 13.2 Å². The van der Waals surface area contributed by atoms with Gasteiger partial charge in [0.25, 0.3) is 11.5 Å². The molecule has 2 aromatic heterocycles. The molecule has 1 aliphatic heterocycles. The van der Waals surface area contributed by atoms with Crippen LogP contribution in [0.15, 0.2) is 37.2 Å². The minimum absolute atomic E-state index is 0.0681. The van der Waals surface area contributed by atoms with Crippen molar-refractivity contribution in [2.75, 3.05) is 26.2 Å². The minimum atomic E-state index is -3.80. The van der Waals surface area contributed by atoms with Crippen LogP contribution in [0.2, 0.25) is 0 Å². The van der Waals surface area contributed by atoms with Crippen LogP contribution in [0.25, 0.3) is 10.9 Å². The number of carbonyl (C=O) groups excluding carboxylic acids is 1. The van der Waals surface area contributed by atoms with Crippen molar-refractivity contribution in [2.45, 2.75) is 38.6 Å². The van der Waals surface area contributed by atoms with Gasteiger partial charge in [0, 0.05) is 38.3 Å². The molecule has 0 radical (unpaired) electrons. The van der Waals surface area contributed by atoms with Crippen molar-refractivity contribution in [2.24, 2.45) is 0 Å². The molecule has 33 heavy (non-hydrogen) atoms. The van der Waals surface area contributed by atoms with E-state index in [4.69, 9.17) is 4.52 Å². The third-order valence-electron chi connectivity index (χ3n) is 5.85. The maximum Gasteiger partial charge on any atom is 0.328 e. The number of aromatic amines is 1. The molecule has 1 fully saturated rings. The maximum atomic E-state index is 13.1. The molecule has 1 saturated heterocycles. The standard InChI is InChI=1S/C21H25N5O6S/c1-4-26-20(28)16-7-6-15(12-17(16)22-21(26)29)19(27)24-8-5-9-25(11-10-24)33(30,31)18-13(2)23-32-14(18)3/h6-7,12H,4-5,8-11H2,1-3H3,(H,22,29). The Kier molecular flexibility index (Phi) is 5.97. The Balaban J connectivity index is 1.57. The largest absolute Gasteiger partial charge is 0.360 e. The maximum absolute atomic E-state index is 13.1. The second-order valence-electron chi connectivity index (χ2n) is 7.94. The Morgan fingerprint density at radius 2 is 1.91 bits per heavy atom. The first-order valence-corrected chi connectivity index (χ1v) is 12.1. The Hall–Kier alpha value is -3.25. The Morgan fingerprint density at radius 3 is 2.58 bits per heavy atom. The van der Waals surface area contributed by atoms with Crippen molar-refractivity contribution in [3.05, 3.63) is 56.1 Å². The third-order valence-corrected chi connectivity index (χ3v) is 8.00. The van der Waals surface area contributed by atoms with E-state index in [1.165, 1.54) is 16.4 Å². The van der Waals surface area contributed by atoms with Crippen LogP contribution in [0.4, 0.5) is 0 Å². The van der Waals surface area contributed by atoms with Crippen LogP contribution in [-0.2, 0) is 16.6 Å². The summed E-state index contributed by atoms with van der Waals surface area (Å²) in [5.74, 6) is -0.0639. The summed E-state index contributed by atoms with van der Waals surface area (Å²) < 4.78 is 33.7. The number of amides is 1. The zero-order valence-electron chi connectivity index (χ0n) is 18.6. The first-order chi connectivity index (χ1) is 15.6. The lowest BCUT2D eigenvalue weighted by atomic mass is 10.1. The molecule has 12 heteroatoms. The molecule has 0 unspecified atom stereocenters. The normalized spacial score (nSPS) is 15.7. The van der Waals surface area contributed by atoms with E-state index in [1.807, 2.05) is 0 Å². The van der Waals surface area contributed by atoms with Gasteiger partial charge in [-0.2, -0.15) is 4.31 Å². The average molecular weight is 476 g/mol. The summed E-state index contributed by atoms with van der Waals surface area (Å²) in [5.41, 5.74) is -0.0384. The highest BCUT2D eigenvalue weighted by molar-refractivity contribution is 7.89. The molecule has 0 spiro atoms. The number of nitrogens with zero attached hydrogens (tertiary/aromatic N) is 4. The van der Waals surface area contributed by atoms with Crippen LogP contribution < -0.4 is 11.2 Å². The fourth-order valence-electron chi connectivity index (χ4n) is 4.17. The molecule has 1 amide bonds. The topological polar surface area (TPSA) is 139 Å². The lowest BCUT2D eigenvalue weighted by Gasteiger charge is -2.22. The summed E-state index contributed by atoms with van der Waals surface area (Å²) in [7, 11) is -3.80. The minimum Gasteiger partial charge on any atom is -0.360 e. The number of rotatable bonds is 4. The van der Waals surface area contributed by atoms with Crippen molar-refractivity contribution < 1.29 is 17.7 Å². The molecular formula is C21H25N5O6S. The van der Waals surface area contributed by atoms with Gasteiger partial charge in [-0.1, -0.05) is 5.16 Å². The van der Waals surface area contributed by atoms with E-state index in [-0.39, 0.29) is 48.3 Å². The highest BCUT2D eigenvalue weighted by atomic mass is 32.2. The number of aryl methyl sites for hydroxylation is 2. The predicted molar refractivity (Wildman–Crippen MR) is 120 cm³/mol. The lowest BCUT2D eigenvalue weighted by Crippen LogP contribution is -2.37. The Morgan fingerprint density at radius 1 is 1.15 bits per heavy atom. The van der Waals surface area contributed by atoms with E-state index in [9.17, 15) is 22.8 Å². The summed E-state index contributed by atoms with van der Waals surface area (Å²) in [6.45, 7) is 6.05. The van der Waals surface area contributed by atoms with Gasteiger partial charge < -0.3 is 14.4 Å². The first-order valence-electron chi connectivity index (χ1n) is 10.6. The quantitative estimate of drug-likeness (QED) is 0.590. The van der Waals surface area contributed by atoms with Crippen LogP contribution in [0.5, 0.6) is 0 Å². The zero-order chi connectivity index (χ0) is 23.9. The van der Waals surface area contributed by atoms with Crippen LogP contribution in [0, 0.1) is 13.8 Å². The smallest absolute Gasteiger partial charge is 0.328 e. The second-order valence-corrected chi connectivity index (χ2v) is 9.82. The monoisotopic (exact) mass is 475 g/mol. The van der Waals surface area contributed by atoms with Gasteiger partial charge in [-0.15, -0.1) is 0 Å². The third kappa shape index (κ3) is 4.00. The molecule has 4 rings (SSSR count). The van der Waals surface area contributed by atoms with Crippen molar-refractivity contribution in [1.29, 1.82) is 0 Å². The molecule has 1 N–H and O–H groups in total. The number of H-pyrrole nitrogens is 1. The summed E-state index contributed by atoms with van der Waals surface area (Å²) >= 11 is 0. The summed E-state index contributed by atoms with van der Waals surface area (Å²) in [5, 5.41) is 4.06. The fourth-order valence-corrected chi connectivity index (χ4v) is 5.93. The van der Waals surface area contributed by atoms with E-state index in [0.29, 0.717) is 29.6 Å². The SMILES string of the molecule is CCn1c(=O)[nH]c2cc(C(=O)N3CCCN(S(=O)(=O)c4c(C)noc4C)CC3)ccc2c1=O. The van der Waals surface area contributed by atoms with Gasteiger partial charge in [-0.3, -0.25) is 14.2 Å². The van der Waals surface area contributed by atoms with E-state index in [2.05, 4.69) is 10.1 Å². The van der Waals surface area contributed by atoms with Gasteiger partial charge >= 0.3 is 5.69 Å². The van der Waals surface area contributed by atoms with E-state index < -0.39 is 21.3 Å². The highest BCUT2D eigenvalue weighted by Crippen LogP contribution is 2.24. The summed E-state index contributed by atoms with van der Waals surface area (Å²) in [6, 6.07) is 4.57. The second kappa shape index (κ2) is 8.60. The van der Waals surface area contributed by atoms with Crippen LogP contribution in [-0.4, -0.2) is 64.4 Å². The number of sulfonamides is 1. The molecule has 3 heterocycles. The number of fused-ring (bicyclic) bond motifs is 1. The molecule has 176 valence electrons. The first kappa shape index (κ1) is 22.9. The van der Waals surface area contributed by atoms with Crippen LogP contribution >= 0.6 is 0 Å². The summed E-state index contributed by atoms with van der Waals surface area (Å²) in [4.78, 5) is 42.0. The number of benzene rings is 1. The van der Waals surface area contributed by atoms with E-state index >= 15 is 0 Å². The molecule has 11 nitrogen and oxygen atoms in total. The Labute approximate surface area is 189 Å². The van der Waals surface area contributed by atoms with Gasteiger partial charge in [0.15, 0.2) is 5.76 Å². The molecule has 0 saturated carbocycles. The molecule has 1 aromatic carbocycles. The van der Waals surface area contributed by atoms with Gasteiger partial charge in [0.05, 0.1) is 10.9 Å². The van der Waals surface area contributed by atoms with Gasteiger partial charge in [0.1, 0.15) is 10.6 Å². The molecule has 0 atom stereocenters.